The number of hydrogen-bond acceptors (Lipinski definition) is 4. The van der Waals surface area contributed by atoms with Gasteiger partial charge in [-0.25, -0.2) is 4.31 Å². The molecule has 0 saturated carbocycles. The van der Waals surface area contributed by atoms with Crippen molar-refractivity contribution in [1.82, 2.24) is 5.32 Å². The van der Waals surface area contributed by atoms with Crippen LogP contribution in [0.5, 0.6) is 0 Å². The predicted octanol–water partition coefficient (Wildman–Crippen LogP) is 2.25. The van der Waals surface area contributed by atoms with Gasteiger partial charge in [-0.2, -0.15) is 8.42 Å². The van der Waals surface area contributed by atoms with Crippen molar-refractivity contribution in [2.24, 2.45) is 0 Å². The van der Waals surface area contributed by atoms with Gasteiger partial charge in [-0.3, -0.25) is 4.31 Å². The van der Waals surface area contributed by atoms with E-state index in [4.69, 9.17) is 0 Å². The van der Waals surface area contributed by atoms with Crippen LogP contribution in [0.3, 0.4) is 0 Å². The number of nitrogens with zero attached hydrogens (tertiary/aromatic N) is 2. The summed E-state index contributed by atoms with van der Waals surface area (Å²) in [5.41, 5.74) is 1.88. The van der Waals surface area contributed by atoms with E-state index in [-0.39, 0.29) is 6.54 Å². The average Bonchev–Trinajstić information content (AvgIpc) is 2.84. The van der Waals surface area contributed by atoms with Crippen LogP contribution in [-0.4, -0.2) is 39.3 Å². The van der Waals surface area contributed by atoms with Crippen molar-refractivity contribution in [3.8, 4) is 0 Å². The van der Waals surface area contributed by atoms with E-state index in [0.717, 1.165) is 6.54 Å². The lowest BCUT2D eigenvalue weighted by Crippen LogP contribution is -2.38. The first kappa shape index (κ1) is 17.7. The molecule has 7 heteroatoms. The molecule has 0 spiro atoms. The molecular weight excluding hydrogens is 338 g/mol. The van der Waals surface area contributed by atoms with E-state index in [1.807, 2.05) is 37.3 Å². The van der Waals surface area contributed by atoms with Gasteiger partial charge in [0.15, 0.2) is 0 Å². The van der Waals surface area contributed by atoms with E-state index in [9.17, 15) is 13.5 Å². The Morgan fingerprint density at radius 1 is 1.04 bits per heavy atom. The van der Waals surface area contributed by atoms with Gasteiger partial charge in [0.05, 0.1) is 23.2 Å². The molecule has 6 nitrogen and oxygen atoms in total. The Bertz CT molecular complexity index is 811. The van der Waals surface area contributed by atoms with Crippen molar-refractivity contribution >= 4 is 27.3 Å². The lowest BCUT2D eigenvalue weighted by Gasteiger charge is -2.22. The molecule has 25 heavy (non-hydrogen) atoms. The molecule has 0 radical (unpaired) electrons. The lowest BCUT2D eigenvalue weighted by molar-refractivity contribution is 0.165. The third-order valence-corrected chi connectivity index (χ3v) is 5.97. The number of benzene rings is 2. The van der Waals surface area contributed by atoms with Gasteiger partial charge in [-0.15, -0.1) is 0 Å². The Morgan fingerprint density at radius 2 is 1.68 bits per heavy atom. The molecule has 2 N–H and O–H groups in total. The fourth-order valence-electron chi connectivity index (χ4n) is 2.94. The molecular formula is C18H23N3O3S. The summed E-state index contributed by atoms with van der Waals surface area (Å²) in [5.74, 6) is 0. The molecule has 1 aliphatic rings. The highest BCUT2D eigenvalue weighted by Crippen LogP contribution is 2.44. The monoisotopic (exact) mass is 361 g/mol. The summed E-state index contributed by atoms with van der Waals surface area (Å²) in [4.78, 5) is 0. The van der Waals surface area contributed by atoms with E-state index in [2.05, 4.69) is 5.32 Å². The quantitative estimate of drug-likeness (QED) is 0.793. The second kappa shape index (κ2) is 7.43. The van der Waals surface area contributed by atoms with E-state index in [0.29, 0.717) is 30.0 Å². The number of para-hydroxylation sites is 3. The van der Waals surface area contributed by atoms with Crippen molar-refractivity contribution in [2.75, 3.05) is 28.2 Å². The van der Waals surface area contributed by atoms with Gasteiger partial charge in [0.2, 0.25) is 0 Å². The molecule has 0 amide bonds. The van der Waals surface area contributed by atoms with Crippen LogP contribution in [0, 0.1) is 0 Å². The molecule has 1 unspecified atom stereocenters. The second-order valence-corrected chi connectivity index (χ2v) is 7.62. The average molecular weight is 361 g/mol. The van der Waals surface area contributed by atoms with Gasteiger partial charge in [0.1, 0.15) is 0 Å². The summed E-state index contributed by atoms with van der Waals surface area (Å²) in [6.07, 6.45) is -0.225. The van der Waals surface area contributed by atoms with Crippen LogP contribution in [0.15, 0.2) is 54.6 Å². The van der Waals surface area contributed by atoms with Crippen LogP contribution in [0.2, 0.25) is 0 Å². The van der Waals surface area contributed by atoms with Gasteiger partial charge in [-0.1, -0.05) is 37.3 Å². The van der Waals surface area contributed by atoms with Crippen LogP contribution < -0.4 is 13.9 Å². The van der Waals surface area contributed by atoms with Gasteiger partial charge in [0, 0.05) is 13.1 Å². The molecule has 1 atom stereocenters. The minimum Gasteiger partial charge on any atom is -0.392 e. The second-order valence-electron chi connectivity index (χ2n) is 5.92. The van der Waals surface area contributed by atoms with E-state index < -0.39 is 16.3 Å². The SMILES string of the molecule is CCNCC(O)CCN1c2ccccc2N(c2ccccc2)S1(=O)=O. The number of fused-ring (bicyclic) bond motifs is 1. The lowest BCUT2D eigenvalue weighted by atomic mass is 10.2. The summed E-state index contributed by atoms with van der Waals surface area (Å²) < 4.78 is 29.0. The van der Waals surface area contributed by atoms with Gasteiger partial charge < -0.3 is 10.4 Å². The maximum Gasteiger partial charge on any atom is 0.330 e. The van der Waals surface area contributed by atoms with Crippen molar-refractivity contribution < 1.29 is 13.5 Å². The largest absolute Gasteiger partial charge is 0.392 e. The molecule has 3 rings (SSSR count). The normalized spacial score (nSPS) is 16.7. The number of nitrogens with one attached hydrogen (secondary N) is 1. The van der Waals surface area contributed by atoms with Gasteiger partial charge in [0.25, 0.3) is 0 Å². The highest BCUT2D eigenvalue weighted by Gasteiger charge is 2.40. The summed E-state index contributed by atoms with van der Waals surface area (Å²) in [6, 6.07) is 16.3. The van der Waals surface area contributed by atoms with Crippen LogP contribution in [0.4, 0.5) is 17.1 Å². The summed E-state index contributed by atoms with van der Waals surface area (Å²) >= 11 is 0. The molecule has 2 aromatic rings. The first-order chi connectivity index (χ1) is 12.1. The summed E-state index contributed by atoms with van der Waals surface area (Å²) in [5, 5.41) is 13.1. The maximum atomic E-state index is 13.1. The number of aliphatic hydroxyl groups excluding tert-OH is 1. The molecule has 0 aromatic heterocycles. The first-order valence-corrected chi connectivity index (χ1v) is 9.81. The van der Waals surface area contributed by atoms with Crippen LogP contribution >= 0.6 is 0 Å². The Kier molecular flexibility index (Phi) is 5.27. The zero-order chi connectivity index (χ0) is 17.9. The van der Waals surface area contributed by atoms with Crippen molar-refractivity contribution in [3.63, 3.8) is 0 Å². The third-order valence-electron chi connectivity index (χ3n) is 4.16. The molecule has 2 aromatic carbocycles. The Labute approximate surface area is 148 Å². The highest BCUT2D eigenvalue weighted by molar-refractivity contribution is 7.95. The zero-order valence-electron chi connectivity index (χ0n) is 14.2. The molecule has 1 heterocycles. The number of likely N-dealkylation sites (N-methyl/N-ethyl adjacent to an activating group) is 1. The molecule has 1 aliphatic heterocycles. The minimum atomic E-state index is -3.72. The molecule has 0 saturated heterocycles. The van der Waals surface area contributed by atoms with Crippen LogP contribution in [0.25, 0.3) is 0 Å². The van der Waals surface area contributed by atoms with E-state index in [1.165, 1.54) is 8.61 Å². The predicted molar refractivity (Wildman–Crippen MR) is 100 cm³/mol. The van der Waals surface area contributed by atoms with E-state index in [1.54, 1.807) is 24.3 Å². The van der Waals surface area contributed by atoms with Crippen molar-refractivity contribution in [2.45, 2.75) is 19.4 Å². The summed E-state index contributed by atoms with van der Waals surface area (Å²) in [6.45, 7) is 3.42. The molecule has 0 aliphatic carbocycles. The number of aliphatic hydroxyl groups is 1. The smallest absolute Gasteiger partial charge is 0.330 e. The van der Waals surface area contributed by atoms with Crippen LogP contribution in [-0.2, 0) is 10.2 Å². The first-order valence-electron chi connectivity index (χ1n) is 8.41. The Hall–Kier alpha value is -2.09. The molecule has 134 valence electrons. The van der Waals surface area contributed by atoms with E-state index >= 15 is 0 Å². The third kappa shape index (κ3) is 3.49. The number of hydrogen-bond donors (Lipinski definition) is 2. The zero-order valence-corrected chi connectivity index (χ0v) is 15.0. The molecule has 0 fully saturated rings. The number of anilines is 3. The number of rotatable bonds is 7. The fourth-order valence-corrected chi connectivity index (χ4v) is 4.67. The Morgan fingerprint density at radius 3 is 2.36 bits per heavy atom. The highest BCUT2D eigenvalue weighted by atomic mass is 32.2. The molecule has 0 bridgehead atoms. The summed E-state index contributed by atoms with van der Waals surface area (Å²) in [7, 11) is -3.72. The maximum absolute atomic E-state index is 13.1. The van der Waals surface area contributed by atoms with Crippen LogP contribution in [0.1, 0.15) is 13.3 Å². The van der Waals surface area contributed by atoms with Gasteiger partial charge >= 0.3 is 10.2 Å². The Balaban J connectivity index is 1.90. The van der Waals surface area contributed by atoms with Gasteiger partial charge in [-0.05, 0) is 37.2 Å². The van der Waals surface area contributed by atoms with Crippen molar-refractivity contribution in [3.05, 3.63) is 54.6 Å². The topological polar surface area (TPSA) is 72.9 Å². The fraction of sp³-hybridized carbons (Fsp3) is 0.333. The van der Waals surface area contributed by atoms with Crippen molar-refractivity contribution in [1.29, 1.82) is 0 Å². The standard InChI is InChI=1S/C18H23N3O3S/c1-2-19-14-16(22)12-13-20-17-10-6-7-11-18(17)21(25(20,23)24)15-8-4-3-5-9-15/h3-11,16,19,22H,2,12-14H2,1H3. The minimum absolute atomic E-state index is 0.231.